The molecule has 0 N–H and O–H groups in total. The van der Waals surface area contributed by atoms with E-state index in [1.54, 1.807) is 7.11 Å². The van der Waals surface area contributed by atoms with Crippen molar-refractivity contribution in [2.24, 2.45) is 0 Å². The average molecular weight is 332 g/mol. The van der Waals surface area contributed by atoms with E-state index in [4.69, 9.17) is 9.47 Å². The van der Waals surface area contributed by atoms with Gasteiger partial charge in [-0.05, 0) is 51.9 Å². The fourth-order valence-corrected chi connectivity index (χ4v) is 4.32. The molecular weight excluding hydrogens is 300 g/mol. The fourth-order valence-electron chi connectivity index (χ4n) is 4.32. The molecular formula is C20H32N2O2. The maximum absolute atomic E-state index is 5.91. The number of likely N-dealkylation sites (N-methyl/N-ethyl adjacent to an activating group) is 1. The molecule has 0 bridgehead atoms. The van der Waals surface area contributed by atoms with Crippen molar-refractivity contribution in [3.05, 3.63) is 22.8 Å². The van der Waals surface area contributed by atoms with Crippen LogP contribution < -0.4 is 9.47 Å². The van der Waals surface area contributed by atoms with Gasteiger partial charge >= 0.3 is 0 Å². The van der Waals surface area contributed by atoms with Crippen molar-refractivity contribution in [3.63, 3.8) is 0 Å². The van der Waals surface area contributed by atoms with Crippen molar-refractivity contribution in [1.29, 1.82) is 0 Å². The van der Waals surface area contributed by atoms with Crippen LogP contribution in [0.2, 0.25) is 0 Å². The molecule has 0 saturated carbocycles. The van der Waals surface area contributed by atoms with Gasteiger partial charge in [0.2, 0.25) is 0 Å². The van der Waals surface area contributed by atoms with E-state index in [0.717, 1.165) is 37.4 Å². The van der Waals surface area contributed by atoms with Crippen LogP contribution >= 0.6 is 0 Å². The molecule has 1 fully saturated rings. The highest BCUT2D eigenvalue weighted by Gasteiger charge is 2.29. The zero-order chi connectivity index (χ0) is 17.1. The molecule has 0 aliphatic carbocycles. The Morgan fingerprint density at radius 2 is 1.83 bits per heavy atom. The zero-order valence-electron chi connectivity index (χ0n) is 15.7. The Morgan fingerprint density at radius 3 is 2.46 bits per heavy atom. The molecule has 4 nitrogen and oxygen atoms in total. The molecule has 0 spiro atoms. The van der Waals surface area contributed by atoms with Gasteiger partial charge in [0.05, 0.1) is 14.2 Å². The summed E-state index contributed by atoms with van der Waals surface area (Å²) in [6, 6.07) is 2.80. The van der Waals surface area contributed by atoms with E-state index >= 15 is 0 Å². The van der Waals surface area contributed by atoms with Crippen molar-refractivity contribution < 1.29 is 9.47 Å². The molecule has 2 aliphatic heterocycles. The third-order valence-corrected chi connectivity index (χ3v) is 5.74. The zero-order valence-corrected chi connectivity index (χ0v) is 15.7. The molecule has 1 saturated heterocycles. The summed E-state index contributed by atoms with van der Waals surface area (Å²) in [7, 11) is 5.82. The summed E-state index contributed by atoms with van der Waals surface area (Å²) >= 11 is 0. The maximum Gasteiger partial charge on any atom is 0.127 e. The molecule has 4 heteroatoms. The minimum atomic E-state index is 0.585. The number of fused-ring (bicyclic) bond motifs is 1. The first-order chi connectivity index (χ1) is 11.7. The largest absolute Gasteiger partial charge is 0.496 e. The molecule has 1 aromatic rings. The number of hydrogen-bond donors (Lipinski definition) is 0. The highest BCUT2D eigenvalue weighted by molar-refractivity contribution is 5.55. The number of rotatable bonds is 5. The molecule has 3 rings (SSSR count). The lowest BCUT2D eigenvalue weighted by molar-refractivity contribution is 0.200. The summed E-state index contributed by atoms with van der Waals surface area (Å²) in [4.78, 5) is 4.99. The maximum atomic E-state index is 5.91. The van der Waals surface area contributed by atoms with E-state index in [1.807, 2.05) is 7.11 Å². The summed E-state index contributed by atoms with van der Waals surface area (Å²) in [5.74, 6) is 2.13. The van der Waals surface area contributed by atoms with Crippen molar-refractivity contribution in [1.82, 2.24) is 9.80 Å². The number of likely N-dealkylation sites (tertiary alicyclic amines) is 1. The fraction of sp³-hybridized carbons (Fsp3) is 0.700. The van der Waals surface area contributed by atoms with Crippen LogP contribution in [0.5, 0.6) is 11.5 Å². The number of piperidine rings is 1. The van der Waals surface area contributed by atoms with Crippen LogP contribution in [0, 0.1) is 0 Å². The van der Waals surface area contributed by atoms with Gasteiger partial charge in [-0.1, -0.05) is 13.3 Å². The minimum absolute atomic E-state index is 0.585. The quantitative estimate of drug-likeness (QED) is 0.824. The van der Waals surface area contributed by atoms with Gasteiger partial charge in [0.15, 0.2) is 0 Å². The third-order valence-electron chi connectivity index (χ3n) is 5.74. The number of benzene rings is 1. The van der Waals surface area contributed by atoms with E-state index in [1.165, 1.54) is 49.0 Å². The lowest BCUT2D eigenvalue weighted by Gasteiger charge is -2.36. The smallest absolute Gasteiger partial charge is 0.127 e. The van der Waals surface area contributed by atoms with E-state index in [-0.39, 0.29) is 0 Å². The van der Waals surface area contributed by atoms with Gasteiger partial charge in [-0.2, -0.15) is 0 Å². The minimum Gasteiger partial charge on any atom is -0.496 e. The standard InChI is InChI=1S/C20H32N2O2/c1-5-16-12-17-18(14-21(16)2)19(23-3)11-15(20(17)24-4)13-22-9-7-6-8-10-22/h11,16H,5-10,12-14H2,1-4H3. The Morgan fingerprint density at radius 1 is 1.08 bits per heavy atom. The van der Waals surface area contributed by atoms with Gasteiger partial charge in [0.1, 0.15) is 11.5 Å². The van der Waals surface area contributed by atoms with Crippen LogP contribution in [0.25, 0.3) is 0 Å². The molecule has 2 heterocycles. The number of nitrogens with zero attached hydrogens (tertiary/aromatic N) is 2. The van der Waals surface area contributed by atoms with Gasteiger partial charge in [-0.15, -0.1) is 0 Å². The number of methoxy groups -OCH3 is 2. The average Bonchev–Trinajstić information content (AvgIpc) is 2.61. The summed E-state index contributed by atoms with van der Waals surface area (Å²) in [5.41, 5.74) is 3.96. The Kier molecular flexibility index (Phi) is 5.67. The predicted molar refractivity (Wildman–Crippen MR) is 97.9 cm³/mol. The lowest BCUT2D eigenvalue weighted by atomic mass is 9.89. The van der Waals surface area contributed by atoms with Crippen molar-refractivity contribution >= 4 is 0 Å². The molecule has 0 radical (unpaired) electrons. The Balaban J connectivity index is 1.97. The van der Waals surface area contributed by atoms with Crippen LogP contribution in [-0.4, -0.2) is 50.2 Å². The molecule has 1 aromatic carbocycles. The first kappa shape index (κ1) is 17.6. The number of ether oxygens (including phenoxy) is 2. The summed E-state index contributed by atoms with van der Waals surface area (Å²) in [6.07, 6.45) is 6.21. The molecule has 0 aromatic heterocycles. The molecule has 1 unspecified atom stereocenters. The van der Waals surface area contributed by atoms with Crippen LogP contribution in [0.3, 0.4) is 0 Å². The van der Waals surface area contributed by atoms with Crippen LogP contribution in [-0.2, 0) is 19.5 Å². The molecule has 24 heavy (non-hydrogen) atoms. The van der Waals surface area contributed by atoms with E-state index in [2.05, 4.69) is 29.8 Å². The molecule has 2 aliphatic rings. The molecule has 1 atom stereocenters. The van der Waals surface area contributed by atoms with Crippen LogP contribution in [0.1, 0.15) is 49.3 Å². The third kappa shape index (κ3) is 3.40. The highest BCUT2D eigenvalue weighted by Crippen LogP contribution is 2.40. The van der Waals surface area contributed by atoms with Gasteiger partial charge in [0.25, 0.3) is 0 Å². The van der Waals surface area contributed by atoms with Crippen molar-refractivity contribution in [3.8, 4) is 11.5 Å². The van der Waals surface area contributed by atoms with E-state index in [0.29, 0.717) is 6.04 Å². The van der Waals surface area contributed by atoms with E-state index < -0.39 is 0 Å². The molecule has 0 amide bonds. The summed E-state index contributed by atoms with van der Waals surface area (Å²) in [5, 5.41) is 0. The SMILES string of the molecule is CCC1Cc2c(c(OC)cc(CN3CCCCC3)c2OC)CN1C. The Hall–Kier alpha value is -1.26. The second-order valence-corrected chi connectivity index (χ2v) is 7.25. The predicted octanol–water partition coefficient (Wildman–Crippen LogP) is 3.46. The first-order valence-electron chi connectivity index (χ1n) is 9.36. The Bertz CT molecular complexity index is 567. The van der Waals surface area contributed by atoms with Crippen LogP contribution in [0.4, 0.5) is 0 Å². The summed E-state index contributed by atoms with van der Waals surface area (Å²) in [6.45, 7) is 6.58. The summed E-state index contributed by atoms with van der Waals surface area (Å²) < 4.78 is 11.7. The van der Waals surface area contributed by atoms with Crippen molar-refractivity contribution in [2.45, 2.75) is 58.2 Å². The number of hydrogen-bond acceptors (Lipinski definition) is 4. The first-order valence-corrected chi connectivity index (χ1v) is 9.36. The topological polar surface area (TPSA) is 24.9 Å². The monoisotopic (exact) mass is 332 g/mol. The van der Waals surface area contributed by atoms with Crippen LogP contribution in [0.15, 0.2) is 6.07 Å². The van der Waals surface area contributed by atoms with Gasteiger partial charge in [0, 0.05) is 35.8 Å². The highest BCUT2D eigenvalue weighted by atomic mass is 16.5. The second-order valence-electron chi connectivity index (χ2n) is 7.25. The van der Waals surface area contributed by atoms with Gasteiger partial charge in [-0.25, -0.2) is 0 Å². The normalized spacial score (nSPS) is 22.2. The molecule has 134 valence electrons. The lowest BCUT2D eigenvalue weighted by Crippen LogP contribution is -2.37. The van der Waals surface area contributed by atoms with E-state index in [9.17, 15) is 0 Å². The Labute approximate surface area is 146 Å². The second kappa shape index (κ2) is 7.75. The van der Waals surface area contributed by atoms with Crippen molar-refractivity contribution in [2.75, 3.05) is 34.4 Å². The van der Waals surface area contributed by atoms with Gasteiger partial charge < -0.3 is 9.47 Å². The van der Waals surface area contributed by atoms with Gasteiger partial charge in [-0.3, -0.25) is 9.80 Å².